The topological polar surface area (TPSA) is 76.2 Å². The zero-order chi connectivity index (χ0) is 11.6. The number of rotatable bonds is 3. The Morgan fingerprint density at radius 3 is 2.67 bits per heavy atom. The van der Waals surface area contributed by atoms with Crippen LogP contribution in [-0.2, 0) is 6.54 Å². The van der Waals surface area contributed by atoms with Gasteiger partial charge in [0.15, 0.2) is 0 Å². The minimum atomic E-state index is -2.99. The fourth-order valence-corrected chi connectivity index (χ4v) is 1.36. The van der Waals surface area contributed by atoms with Crippen molar-refractivity contribution in [2.75, 3.05) is 0 Å². The van der Waals surface area contributed by atoms with Crippen molar-refractivity contribution in [2.45, 2.75) is 13.0 Å². The van der Waals surface area contributed by atoms with E-state index < -0.39 is 23.7 Å². The van der Waals surface area contributed by atoms with Gasteiger partial charge in [0.2, 0.25) is 0 Å². The van der Waals surface area contributed by atoms with Gasteiger partial charge in [0.05, 0.1) is 5.02 Å². The Kier molecular flexibility index (Phi) is 3.54. The van der Waals surface area contributed by atoms with Crippen molar-refractivity contribution in [1.82, 2.24) is 4.98 Å². The molecule has 4 nitrogen and oxygen atoms in total. The summed E-state index contributed by atoms with van der Waals surface area (Å²) in [6.45, 7) is -0.0599. The molecule has 0 saturated carbocycles. The van der Waals surface area contributed by atoms with Gasteiger partial charge in [0.25, 0.3) is 6.43 Å². The highest BCUT2D eigenvalue weighted by molar-refractivity contribution is 6.34. The zero-order valence-electron chi connectivity index (χ0n) is 7.38. The summed E-state index contributed by atoms with van der Waals surface area (Å²) < 4.78 is 24.8. The molecule has 1 heterocycles. The van der Waals surface area contributed by atoms with E-state index in [0.29, 0.717) is 0 Å². The fraction of sp³-hybridized carbons (Fsp3) is 0.250. The molecule has 1 aromatic rings. The minimum absolute atomic E-state index is 0.0599. The first kappa shape index (κ1) is 11.8. The first-order valence-corrected chi connectivity index (χ1v) is 4.25. The quantitative estimate of drug-likeness (QED) is 0.839. The summed E-state index contributed by atoms with van der Waals surface area (Å²) >= 11 is 5.62. The van der Waals surface area contributed by atoms with Gasteiger partial charge >= 0.3 is 5.97 Å². The third-order valence-electron chi connectivity index (χ3n) is 1.76. The zero-order valence-corrected chi connectivity index (χ0v) is 8.13. The SMILES string of the molecule is NCc1cnc(C(F)F)c(C(=O)O)c1Cl. The molecule has 0 saturated heterocycles. The van der Waals surface area contributed by atoms with Crippen LogP contribution >= 0.6 is 11.6 Å². The standard InChI is InChI=1S/C8H7ClF2N2O2/c9-5-3(1-12)2-13-6(7(10)11)4(5)8(14)15/h2,7H,1,12H2,(H,14,15). The van der Waals surface area contributed by atoms with Crippen LogP contribution < -0.4 is 5.73 Å². The van der Waals surface area contributed by atoms with Gasteiger partial charge in [0.1, 0.15) is 11.3 Å². The van der Waals surface area contributed by atoms with Crippen molar-refractivity contribution in [2.24, 2.45) is 5.73 Å². The highest BCUT2D eigenvalue weighted by atomic mass is 35.5. The molecule has 3 N–H and O–H groups in total. The number of hydrogen-bond donors (Lipinski definition) is 2. The number of nitrogens with two attached hydrogens (primary N) is 1. The Balaban J connectivity index is 3.44. The molecule has 1 aromatic heterocycles. The molecule has 0 aliphatic carbocycles. The lowest BCUT2D eigenvalue weighted by Gasteiger charge is -2.08. The summed E-state index contributed by atoms with van der Waals surface area (Å²) in [6.07, 6.45) is -1.93. The van der Waals surface area contributed by atoms with Gasteiger partial charge in [0, 0.05) is 18.3 Å². The number of carboxylic acid groups (broad SMARTS) is 1. The Hall–Kier alpha value is -1.27. The number of carbonyl (C=O) groups is 1. The van der Waals surface area contributed by atoms with Gasteiger partial charge in [-0.3, -0.25) is 4.98 Å². The number of alkyl halides is 2. The fourth-order valence-electron chi connectivity index (χ4n) is 1.05. The van der Waals surface area contributed by atoms with Crippen LogP contribution in [0.4, 0.5) is 8.78 Å². The van der Waals surface area contributed by atoms with Crippen molar-refractivity contribution in [1.29, 1.82) is 0 Å². The Morgan fingerprint density at radius 2 is 2.27 bits per heavy atom. The predicted octanol–water partition coefficient (Wildman–Crippen LogP) is 1.83. The first-order valence-electron chi connectivity index (χ1n) is 3.87. The van der Waals surface area contributed by atoms with Crippen LogP contribution in [0.3, 0.4) is 0 Å². The second-order valence-electron chi connectivity index (χ2n) is 2.67. The molecule has 0 amide bonds. The van der Waals surface area contributed by atoms with Crippen LogP contribution in [0.5, 0.6) is 0 Å². The number of halogens is 3. The smallest absolute Gasteiger partial charge is 0.339 e. The molecule has 15 heavy (non-hydrogen) atoms. The lowest BCUT2D eigenvalue weighted by Crippen LogP contribution is -2.10. The van der Waals surface area contributed by atoms with Crippen molar-refractivity contribution in [3.63, 3.8) is 0 Å². The molecule has 0 fully saturated rings. The maximum Gasteiger partial charge on any atom is 0.339 e. The summed E-state index contributed by atoms with van der Waals surface area (Å²) in [5, 5.41) is 8.43. The third kappa shape index (κ3) is 2.21. The summed E-state index contributed by atoms with van der Waals surface area (Å²) in [7, 11) is 0. The lowest BCUT2D eigenvalue weighted by atomic mass is 10.1. The van der Waals surface area contributed by atoms with Crippen LogP contribution in [0.25, 0.3) is 0 Å². The van der Waals surface area contributed by atoms with E-state index in [9.17, 15) is 13.6 Å². The maximum atomic E-state index is 12.4. The van der Waals surface area contributed by atoms with Crippen LogP contribution in [0.1, 0.15) is 28.0 Å². The molecule has 0 aliphatic heterocycles. The van der Waals surface area contributed by atoms with Gasteiger partial charge < -0.3 is 10.8 Å². The summed E-state index contributed by atoms with van der Waals surface area (Å²) in [4.78, 5) is 14.1. The first-order chi connectivity index (χ1) is 6.99. The number of hydrogen-bond acceptors (Lipinski definition) is 3. The second-order valence-corrected chi connectivity index (χ2v) is 3.05. The maximum absolute atomic E-state index is 12.4. The highest BCUT2D eigenvalue weighted by Gasteiger charge is 2.24. The molecular weight excluding hydrogens is 230 g/mol. The number of aromatic carboxylic acids is 1. The molecule has 0 aromatic carbocycles. The molecule has 7 heteroatoms. The average molecular weight is 237 g/mol. The van der Waals surface area contributed by atoms with Gasteiger partial charge in [-0.2, -0.15) is 0 Å². The van der Waals surface area contributed by atoms with E-state index in [1.165, 1.54) is 0 Å². The molecule has 1 rings (SSSR count). The van der Waals surface area contributed by atoms with E-state index in [4.69, 9.17) is 22.4 Å². The number of pyridine rings is 1. The van der Waals surface area contributed by atoms with E-state index >= 15 is 0 Å². The van der Waals surface area contributed by atoms with Crippen molar-refractivity contribution in [3.05, 3.63) is 28.0 Å². The Bertz CT molecular complexity index is 398. The summed E-state index contributed by atoms with van der Waals surface area (Å²) in [5.41, 5.74) is 3.93. The molecule has 0 spiro atoms. The van der Waals surface area contributed by atoms with Gasteiger partial charge in [-0.15, -0.1) is 0 Å². The molecule has 0 bridgehead atoms. The molecule has 0 radical (unpaired) electrons. The van der Waals surface area contributed by atoms with Gasteiger partial charge in [-0.05, 0) is 0 Å². The number of nitrogens with zero attached hydrogens (tertiary/aromatic N) is 1. The third-order valence-corrected chi connectivity index (χ3v) is 2.19. The normalized spacial score (nSPS) is 10.7. The van der Waals surface area contributed by atoms with Crippen LogP contribution in [0.2, 0.25) is 5.02 Å². The van der Waals surface area contributed by atoms with E-state index in [0.717, 1.165) is 6.20 Å². The van der Waals surface area contributed by atoms with E-state index in [1.807, 2.05) is 0 Å². The number of carboxylic acids is 1. The average Bonchev–Trinajstić information content (AvgIpc) is 2.16. The van der Waals surface area contributed by atoms with E-state index in [1.54, 1.807) is 0 Å². The molecule has 82 valence electrons. The van der Waals surface area contributed by atoms with Crippen molar-refractivity contribution in [3.8, 4) is 0 Å². The minimum Gasteiger partial charge on any atom is -0.478 e. The van der Waals surface area contributed by atoms with E-state index in [-0.39, 0.29) is 17.1 Å². The molecule has 0 atom stereocenters. The van der Waals surface area contributed by atoms with Crippen LogP contribution in [0, 0.1) is 0 Å². The highest BCUT2D eigenvalue weighted by Crippen LogP contribution is 2.28. The lowest BCUT2D eigenvalue weighted by molar-refractivity contribution is 0.0682. The molecule has 0 unspecified atom stereocenters. The second kappa shape index (κ2) is 4.50. The van der Waals surface area contributed by atoms with Crippen LogP contribution in [-0.4, -0.2) is 16.1 Å². The summed E-state index contributed by atoms with van der Waals surface area (Å²) in [6, 6.07) is 0. The Labute approximate surface area is 88.7 Å². The monoisotopic (exact) mass is 236 g/mol. The predicted molar refractivity (Wildman–Crippen MR) is 49.1 cm³/mol. The Morgan fingerprint density at radius 1 is 1.67 bits per heavy atom. The van der Waals surface area contributed by atoms with Gasteiger partial charge in [-0.25, -0.2) is 13.6 Å². The van der Waals surface area contributed by atoms with Crippen molar-refractivity contribution < 1.29 is 18.7 Å². The summed E-state index contributed by atoms with van der Waals surface area (Å²) in [5.74, 6) is -1.54. The largest absolute Gasteiger partial charge is 0.478 e. The molecular formula is C8H7ClF2N2O2. The van der Waals surface area contributed by atoms with E-state index in [2.05, 4.69) is 4.98 Å². The van der Waals surface area contributed by atoms with Gasteiger partial charge in [-0.1, -0.05) is 11.6 Å². The number of aromatic nitrogens is 1. The van der Waals surface area contributed by atoms with Crippen molar-refractivity contribution >= 4 is 17.6 Å². The van der Waals surface area contributed by atoms with Crippen LogP contribution in [0.15, 0.2) is 6.20 Å². The molecule has 0 aliphatic rings.